The zero-order chi connectivity index (χ0) is 18.1. The van der Waals surface area contributed by atoms with Gasteiger partial charge in [0, 0.05) is 65.1 Å². The molecule has 2 fully saturated rings. The van der Waals surface area contributed by atoms with E-state index in [9.17, 15) is 0 Å². The number of halogens is 1. The van der Waals surface area contributed by atoms with Crippen LogP contribution < -0.4 is 10.6 Å². The van der Waals surface area contributed by atoms with E-state index >= 15 is 0 Å². The molecule has 0 aromatic rings. The molecule has 2 aliphatic heterocycles. The maximum Gasteiger partial charge on any atom is 0.191 e. The first kappa shape index (κ1) is 23.9. The van der Waals surface area contributed by atoms with E-state index in [0.29, 0.717) is 6.04 Å². The van der Waals surface area contributed by atoms with Gasteiger partial charge in [0.1, 0.15) is 0 Å². The largest absolute Gasteiger partial charge is 0.383 e. The maximum absolute atomic E-state index is 5.55. The highest BCUT2D eigenvalue weighted by Gasteiger charge is 2.35. The summed E-state index contributed by atoms with van der Waals surface area (Å²) in [6.45, 7) is 6.67. The van der Waals surface area contributed by atoms with E-state index in [1.807, 2.05) is 7.05 Å². The van der Waals surface area contributed by atoms with E-state index in [4.69, 9.17) is 9.47 Å². The molecule has 2 N–H and O–H groups in total. The predicted molar refractivity (Wildman–Crippen MR) is 118 cm³/mol. The number of hydrogen-bond acceptors (Lipinski definition) is 5. The minimum absolute atomic E-state index is 0. The molecule has 8 heteroatoms. The molecular formula is C18H38IN5O2. The Morgan fingerprint density at radius 2 is 1.92 bits per heavy atom. The number of guanidine groups is 1. The zero-order valence-corrected chi connectivity index (χ0v) is 19.3. The first-order valence-electron chi connectivity index (χ1n) is 9.53. The fraction of sp³-hybridized carbons (Fsp3) is 0.944. The van der Waals surface area contributed by atoms with Gasteiger partial charge in [-0.05, 0) is 39.8 Å². The van der Waals surface area contributed by atoms with Crippen LogP contribution in [0.3, 0.4) is 0 Å². The first-order chi connectivity index (χ1) is 12.1. The highest BCUT2D eigenvalue weighted by molar-refractivity contribution is 14.0. The Balaban J connectivity index is 0.00000338. The van der Waals surface area contributed by atoms with Gasteiger partial charge in [-0.1, -0.05) is 0 Å². The molecule has 2 rings (SSSR count). The van der Waals surface area contributed by atoms with Gasteiger partial charge < -0.3 is 29.9 Å². The van der Waals surface area contributed by atoms with Crippen molar-refractivity contribution in [1.82, 2.24) is 20.4 Å². The predicted octanol–water partition coefficient (Wildman–Crippen LogP) is 0.991. The highest BCUT2D eigenvalue weighted by atomic mass is 127. The fourth-order valence-electron chi connectivity index (χ4n) is 3.69. The van der Waals surface area contributed by atoms with Crippen LogP contribution in [-0.2, 0) is 9.47 Å². The quantitative estimate of drug-likeness (QED) is 0.320. The van der Waals surface area contributed by atoms with Gasteiger partial charge in [0.05, 0.1) is 6.61 Å². The van der Waals surface area contributed by atoms with Gasteiger partial charge >= 0.3 is 0 Å². The second-order valence-electron chi connectivity index (χ2n) is 7.41. The Labute approximate surface area is 176 Å². The summed E-state index contributed by atoms with van der Waals surface area (Å²) in [5.41, 5.74) is 0.152. The molecule has 0 unspecified atom stereocenters. The second-order valence-corrected chi connectivity index (χ2v) is 7.41. The summed E-state index contributed by atoms with van der Waals surface area (Å²) in [5.74, 6) is 0.919. The third kappa shape index (κ3) is 7.10. The maximum atomic E-state index is 5.55. The first-order valence-corrected chi connectivity index (χ1v) is 9.53. The van der Waals surface area contributed by atoms with Gasteiger partial charge in [-0.3, -0.25) is 4.99 Å². The van der Waals surface area contributed by atoms with Gasteiger partial charge in [-0.25, -0.2) is 0 Å². The normalized spacial score (nSPS) is 22.1. The molecule has 2 saturated heterocycles. The molecule has 0 bridgehead atoms. The van der Waals surface area contributed by atoms with Crippen molar-refractivity contribution in [2.45, 2.75) is 37.3 Å². The third-order valence-corrected chi connectivity index (χ3v) is 5.72. The number of piperidine rings is 1. The smallest absolute Gasteiger partial charge is 0.191 e. The summed E-state index contributed by atoms with van der Waals surface area (Å²) in [4.78, 5) is 9.25. The van der Waals surface area contributed by atoms with Gasteiger partial charge in [-0.2, -0.15) is 0 Å². The SMILES string of the molecule is CN=C(NCC1(N(C)C)CCOCC1)NC1CCN(CCOC)CC1.I. The van der Waals surface area contributed by atoms with E-state index in [-0.39, 0.29) is 29.5 Å². The van der Waals surface area contributed by atoms with Crippen molar-refractivity contribution in [3.8, 4) is 0 Å². The van der Waals surface area contributed by atoms with Crippen molar-refractivity contribution in [3.05, 3.63) is 0 Å². The molecule has 0 amide bonds. The van der Waals surface area contributed by atoms with Gasteiger partial charge in [-0.15, -0.1) is 24.0 Å². The Bertz CT molecular complexity index is 408. The molecule has 7 nitrogen and oxygen atoms in total. The molecule has 26 heavy (non-hydrogen) atoms. The Hall–Kier alpha value is -0.160. The number of methoxy groups -OCH3 is 1. The number of hydrogen-bond donors (Lipinski definition) is 2. The van der Waals surface area contributed by atoms with Crippen LogP contribution in [0.4, 0.5) is 0 Å². The van der Waals surface area contributed by atoms with E-state index in [1.54, 1.807) is 7.11 Å². The summed E-state index contributed by atoms with van der Waals surface area (Å²) >= 11 is 0. The van der Waals surface area contributed by atoms with Crippen molar-refractivity contribution < 1.29 is 9.47 Å². The monoisotopic (exact) mass is 483 g/mol. The number of nitrogens with one attached hydrogen (secondary N) is 2. The lowest BCUT2D eigenvalue weighted by Gasteiger charge is -2.43. The number of likely N-dealkylation sites (tertiary alicyclic amines) is 1. The van der Waals surface area contributed by atoms with Crippen LogP contribution in [0.1, 0.15) is 25.7 Å². The topological polar surface area (TPSA) is 61.4 Å². The molecular weight excluding hydrogens is 445 g/mol. The fourth-order valence-corrected chi connectivity index (χ4v) is 3.69. The van der Waals surface area contributed by atoms with E-state index in [2.05, 4.69) is 39.5 Å². The lowest BCUT2D eigenvalue weighted by atomic mass is 9.88. The number of rotatable bonds is 7. The molecule has 2 aliphatic rings. The molecule has 0 radical (unpaired) electrons. The van der Waals surface area contributed by atoms with Gasteiger partial charge in [0.2, 0.25) is 0 Å². The number of ether oxygens (including phenoxy) is 2. The summed E-state index contributed by atoms with van der Waals surface area (Å²) in [7, 11) is 7.95. The van der Waals surface area contributed by atoms with E-state index < -0.39 is 0 Å². The number of nitrogens with zero attached hydrogens (tertiary/aromatic N) is 3. The lowest BCUT2D eigenvalue weighted by Crippen LogP contribution is -2.58. The second kappa shape index (κ2) is 12.3. The highest BCUT2D eigenvalue weighted by Crippen LogP contribution is 2.25. The summed E-state index contributed by atoms with van der Waals surface area (Å²) < 4.78 is 10.7. The van der Waals surface area contributed by atoms with Crippen LogP contribution >= 0.6 is 24.0 Å². The minimum atomic E-state index is 0. The van der Waals surface area contributed by atoms with Crippen molar-refractivity contribution in [1.29, 1.82) is 0 Å². The molecule has 2 heterocycles. The van der Waals surface area contributed by atoms with E-state index in [0.717, 1.165) is 77.6 Å². The Morgan fingerprint density at radius 1 is 1.27 bits per heavy atom. The van der Waals surface area contributed by atoms with Crippen LogP contribution in [0.5, 0.6) is 0 Å². The summed E-state index contributed by atoms with van der Waals surface area (Å²) in [6.07, 6.45) is 4.41. The zero-order valence-electron chi connectivity index (χ0n) is 16.9. The lowest BCUT2D eigenvalue weighted by molar-refractivity contribution is -0.00504. The van der Waals surface area contributed by atoms with Crippen LogP contribution in [0.15, 0.2) is 4.99 Å². The minimum Gasteiger partial charge on any atom is -0.383 e. The molecule has 0 atom stereocenters. The summed E-state index contributed by atoms with van der Waals surface area (Å²) in [5, 5.41) is 7.17. The van der Waals surface area contributed by atoms with Gasteiger partial charge in [0.25, 0.3) is 0 Å². The Morgan fingerprint density at radius 3 is 2.46 bits per heavy atom. The Kier molecular flexibility index (Phi) is 11.3. The van der Waals surface area contributed by atoms with Crippen LogP contribution in [0, 0.1) is 0 Å². The van der Waals surface area contributed by atoms with Crippen molar-refractivity contribution in [2.24, 2.45) is 4.99 Å². The van der Waals surface area contributed by atoms with Crippen LogP contribution in [0.25, 0.3) is 0 Å². The molecule has 0 aromatic heterocycles. The van der Waals surface area contributed by atoms with Crippen molar-refractivity contribution in [3.63, 3.8) is 0 Å². The molecule has 0 spiro atoms. The van der Waals surface area contributed by atoms with Crippen LogP contribution in [0.2, 0.25) is 0 Å². The molecule has 0 saturated carbocycles. The third-order valence-electron chi connectivity index (χ3n) is 5.72. The van der Waals surface area contributed by atoms with E-state index in [1.165, 1.54) is 0 Å². The summed E-state index contributed by atoms with van der Waals surface area (Å²) in [6, 6.07) is 0.495. The molecule has 154 valence electrons. The standard InChI is InChI=1S/C18H37N5O2.HI/c1-19-17(20-15-18(22(2)3)7-12-25-13-8-18)21-16-5-9-23(10-6-16)11-14-24-4;/h16H,5-15H2,1-4H3,(H2,19,20,21);1H. The van der Waals surface area contributed by atoms with Crippen molar-refractivity contribution in [2.75, 3.05) is 74.3 Å². The average molecular weight is 483 g/mol. The van der Waals surface area contributed by atoms with Gasteiger partial charge in [0.15, 0.2) is 5.96 Å². The molecule has 0 aromatic carbocycles. The number of likely N-dealkylation sites (N-methyl/N-ethyl adjacent to an activating group) is 1. The molecule has 0 aliphatic carbocycles. The average Bonchev–Trinajstić information content (AvgIpc) is 2.65. The van der Waals surface area contributed by atoms with Crippen molar-refractivity contribution >= 4 is 29.9 Å². The van der Waals surface area contributed by atoms with Crippen LogP contribution in [-0.4, -0.2) is 102 Å². The number of aliphatic imine (C=N–C) groups is 1.